The Balaban J connectivity index is 3.03. The largest absolute Gasteiger partial charge is 0.548 e. The van der Waals surface area contributed by atoms with Crippen LogP contribution in [0.5, 0.6) is 0 Å². The molecule has 0 unspecified atom stereocenters. The van der Waals surface area contributed by atoms with Crippen LogP contribution in [0.3, 0.4) is 0 Å². The number of nitrogens with two attached hydrogens (primary N) is 1. The predicted octanol–water partition coefficient (Wildman–Crippen LogP) is -1.10. The third kappa shape index (κ3) is 3.75. The van der Waals surface area contributed by atoms with Gasteiger partial charge in [-0.2, -0.15) is 0 Å². The van der Waals surface area contributed by atoms with Gasteiger partial charge in [-0.25, -0.2) is 13.1 Å². The van der Waals surface area contributed by atoms with Crippen molar-refractivity contribution in [2.75, 3.05) is 0 Å². The van der Waals surface area contributed by atoms with Gasteiger partial charge in [-0.05, 0) is 12.0 Å². The first kappa shape index (κ1) is 15.6. The van der Waals surface area contributed by atoms with Gasteiger partial charge in [0.1, 0.15) is 0 Å². The zero-order valence-electron chi connectivity index (χ0n) is 10.2. The fraction of sp³-hybridized carbons (Fsp3) is 0.400. The van der Waals surface area contributed by atoms with E-state index in [1.54, 1.807) is 13.8 Å². The molecule has 1 aromatic rings. The van der Waals surface area contributed by atoms with Gasteiger partial charge in [0, 0.05) is 5.38 Å². The Hall–Kier alpha value is -1.45. The van der Waals surface area contributed by atoms with Crippen LogP contribution in [-0.2, 0) is 14.8 Å². The van der Waals surface area contributed by atoms with Crippen molar-refractivity contribution in [3.05, 3.63) is 16.3 Å². The zero-order chi connectivity index (χ0) is 14.8. The lowest BCUT2D eigenvalue weighted by atomic mass is 10.1. The second kappa shape index (κ2) is 5.68. The fourth-order valence-electron chi connectivity index (χ4n) is 1.28. The molecule has 106 valence electrons. The van der Waals surface area contributed by atoms with Gasteiger partial charge in [0.25, 0.3) is 5.91 Å². The normalized spacial score (nSPS) is 13.4. The summed E-state index contributed by atoms with van der Waals surface area (Å²) in [4.78, 5) is 21.6. The molecule has 1 atom stereocenters. The molecule has 0 fully saturated rings. The van der Waals surface area contributed by atoms with Crippen LogP contribution in [0.25, 0.3) is 0 Å². The Labute approximate surface area is 114 Å². The number of aliphatic carboxylic acids is 1. The van der Waals surface area contributed by atoms with Crippen LogP contribution in [0, 0.1) is 5.92 Å². The Bertz CT molecular complexity index is 591. The Morgan fingerprint density at radius 3 is 2.37 bits per heavy atom. The molecule has 0 aromatic carbocycles. The number of sulfonamides is 1. The van der Waals surface area contributed by atoms with Crippen molar-refractivity contribution in [3.8, 4) is 0 Å². The lowest BCUT2D eigenvalue weighted by Crippen LogP contribution is -2.50. The van der Waals surface area contributed by atoms with Crippen LogP contribution in [0.1, 0.15) is 23.5 Å². The molecular formula is C10H13N2O5S2-. The highest BCUT2D eigenvalue weighted by Gasteiger charge is 2.24. The summed E-state index contributed by atoms with van der Waals surface area (Å²) in [6.07, 6.45) is 0. The maximum Gasteiger partial charge on any atom is 0.258 e. The number of rotatable bonds is 6. The molecule has 0 saturated heterocycles. The van der Waals surface area contributed by atoms with Gasteiger partial charge < -0.3 is 15.6 Å². The van der Waals surface area contributed by atoms with Crippen molar-refractivity contribution < 1.29 is 23.1 Å². The second-order valence-corrected chi connectivity index (χ2v) is 6.80. The molecule has 1 rings (SSSR count). The summed E-state index contributed by atoms with van der Waals surface area (Å²) in [6.45, 7) is 3.09. The van der Waals surface area contributed by atoms with E-state index in [-0.39, 0.29) is 9.77 Å². The van der Waals surface area contributed by atoms with Crippen LogP contribution < -0.4 is 15.6 Å². The maximum atomic E-state index is 11.9. The van der Waals surface area contributed by atoms with Crippen LogP contribution in [0.15, 0.2) is 16.3 Å². The average molecular weight is 305 g/mol. The number of amides is 1. The van der Waals surface area contributed by atoms with E-state index < -0.39 is 33.9 Å². The molecule has 0 aliphatic rings. The summed E-state index contributed by atoms with van der Waals surface area (Å²) in [5, 5.41) is 12.1. The summed E-state index contributed by atoms with van der Waals surface area (Å²) in [5.74, 6) is -2.73. The Kier molecular flexibility index (Phi) is 4.66. The lowest BCUT2D eigenvalue weighted by Gasteiger charge is -2.22. The number of hydrogen-bond acceptors (Lipinski definition) is 6. The molecule has 1 heterocycles. The van der Waals surface area contributed by atoms with Gasteiger partial charge in [0.2, 0.25) is 10.0 Å². The van der Waals surface area contributed by atoms with Crippen molar-refractivity contribution in [1.29, 1.82) is 0 Å². The van der Waals surface area contributed by atoms with Gasteiger partial charge in [-0.1, -0.05) is 13.8 Å². The second-order valence-electron chi connectivity index (χ2n) is 4.17. The van der Waals surface area contributed by atoms with E-state index in [4.69, 9.17) is 5.73 Å². The molecule has 3 N–H and O–H groups in total. The van der Waals surface area contributed by atoms with E-state index in [1.165, 1.54) is 5.38 Å². The molecule has 0 saturated carbocycles. The molecule has 19 heavy (non-hydrogen) atoms. The number of nitrogens with one attached hydrogen (secondary N) is 1. The number of thiophene rings is 1. The Morgan fingerprint density at radius 1 is 1.42 bits per heavy atom. The summed E-state index contributed by atoms with van der Waals surface area (Å²) < 4.78 is 25.9. The van der Waals surface area contributed by atoms with Crippen LogP contribution >= 0.6 is 11.3 Å². The molecule has 0 aliphatic carbocycles. The van der Waals surface area contributed by atoms with Crippen LogP contribution in [-0.4, -0.2) is 26.3 Å². The first-order valence-electron chi connectivity index (χ1n) is 5.26. The van der Waals surface area contributed by atoms with E-state index >= 15 is 0 Å². The van der Waals surface area contributed by atoms with Crippen molar-refractivity contribution in [3.63, 3.8) is 0 Å². The fourth-order valence-corrected chi connectivity index (χ4v) is 3.74. The van der Waals surface area contributed by atoms with E-state index in [1.807, 2.05) is 4.72 Å². The summed E-state index contributed by atoms with van der Waals surface area (Å²) in [5.41, 5.74) is 5.02. The van der Waals surface area contributed by atoms with E-state index in [9.17, 15) is 23.1 Å². The standard InChI is InChI=1S/C10H14N2O5S2/c1-5(2)8(10(14)15)12-19(16,17)6-3-7(9(11)13)18-4-6/h3-5,8,12H,1-2H3,(H2,11,13)(H,14,15)/p-1/t8-/m0/s1. The van der Waals surface area contributed by atoms with Gasteiger partial charge in [0.05, 0.1) is 21.8 Å². The van der Waals surface area contributed by atoms with Crippen molar-refractivity contribution >= 4 is 33.2 Å². The van der Waals surface area contributed by atoms with Gasteiger partial charge in [0.15, 0.2) is 0 Å². The first-order chi connectivity index (χ1) is 8.65. The average Bonchev–Trinajstić information content (AvgIpc) is 2.75. The lowest BCUT2D eigenvalue weighted by molar-refractivity contribution is -0.309. The number of primary amides is 1. The smallest absolute Gasteiger partial charge is 0.258 e. The molecule has 0 aliphatic heterocycles. The predicted molar refractivity (Wildman–Crippen MR) is 66.8 cm³/mol. The van der Waals surface area contributed by atoms with E-state index in [0.717, 1.165) is 17.4 Å². The van der Waals surface area contributed by atoms with Gasteiger partial charge in [-0.3, -0.25) is 4.79 Å². The maximum absolute atomic E-state index is 11.9. The van der Waals surface area contributed by atoms with Gasteiger partial charge >= 0.3 is 0 Å². The summed E-state index contributed by atoms with van der Waals surface area (Å²) >= 11 is 0.872. The van der Waals surface area contributed by atoms with Gasteiger partial charge in [-0.15, -0.1) is 11.3 Å². The molecule has 7 nitrogen and oxygen atoms in total. The van der Waals surface area contributed by atoms with Crippen molar-refractivity contribution in [2.45, 2.75) is 24.8 Å². The van der Waals surface area contributed by atoms with Crippen molar-refractivity contribution in [1.82, 2.24) is 4.72 Å². The number of carbonyl (C=O) groups is 2. The SMILES string of the molecule is CC(C)[C@H](NS(=O)(=O)c1csc(C(N)=O)c1)C(=O)[O-]. The third-order valence-electron chi connectivity index (χ3n) is 2.33. The highest BCUT2D eigenvalue weighted by atomic mass is 32.2. The molecular weight excluding hydrogens is 292 g/mol. The minimum atomic E-state index is -4.03. The van der Waals surface area contributed by atoms with E-state index in [2.05, 4.69) is 0 Å². The molecule has 1 aromatic heterocycles. The number of carboxylic acid groups (broad SMARTS) is 1. The molecule has 9 heteroatoms. The highest BCUT2D eigenvalue weighted by molar-refractivity contribution is 7.89. The Morgan fingerprint density at radius 2 is 2.00 bits per heavy atom. The molecule has 0 spiro atoms. The number of carboxylic acids is 1. The minimum Gasteiger partial charge on any atom is -0.548 e. The number of hydrogen-bond donors (Lipinski definition) is 2. The zero-order valence-corrected chi connectivity index (χ0v) is 11.9. The van der Waals surface area contributed by atoms with Crippen molar-refractivity contribution in [2.24, 2.45) is 11.7 Å². The van der Waals surface area contributed by atoms with Crippen LogP contribution in [0.4, 0.5) is 0 Å². The monoisotopic (exact) mass is 305 g/mol. The third-order valence-corrected chi connectivity index (χ3v) is 4.85. The van der Waals surface area contributed by atoms with E-state index in [0.29, 0.717) is 0 Å². The van der Waals surface area contributed by atoms with Crippen LogP contribution in [0.2, 0.25) is 0 Å². The number of carbonyl (C=O) groups excluding carboxylic acids is 2. The molecule has 0 bridgehead atoms. The molecule has 0 radical (unpaired) electrons. The summed E-state index contributed by atoms with van der Waals surface area (Å²) in [7, 11) is -4.03. The topological polar surface area (TPSA) is 129 Å². The minimum absolute atomic E-state index is 0.0786. The quantitative estimate of drug-likeness (QED) is 0.689. The molecule has 1 amide bonds. The first-order valence-corrected chi connectivity index (χ1v) is 7.63. The highest BCUT2D eigenvalue weighted by Crippen LogP contribution is 2.19. The summed E-state index contributed by atoms with van der Waals surface area (Å²) in [6, 6.07) is -0.246.